The fraction of sp³-hybridized carbons (Fsp3) is 0.538. The molecule has 0 saturated heterocycles. The molecule has 120 valence electrons. The first-order chi connectivity index (χ1) is 9.57. The van der Waals surface area contributed by atoms with Crippen LogP contribution in [-0.2, 0) is 10.0 Å². The van der Waals surface area contributed by atoms with Crippen molar-refractivity contribution >= 4 is 10.0 Å². The highest BCUT2D eigenvalue weighted by atomic mass is 32.2. The van der Waals surface area contributed by atoms with Crippen molar-refractivity contribution in [1.29, 1.82) is 0 Å². The van der Waals surface area contributed by atoms with Gasteiger partial charge in [0, 0.05) is 31.8 Å². The quantitative estimate of drug-likeness (QED) is 0.871. The van der Waals surface area contributed by atoms with Crippen LogP contribution in [0.5, 0.6) is 0 Å². The highest BCUT2D eigenvalue weighted by molar-refractivity contribution is 7.89. The van der Waals surface area contributed by atoms with Crippen molar-refractivity contribution in [2.45, 2.75) is 31.2 Å². The van der Waals surface area contributed by atoms with Crippen LogP contribution in [0, 0.1) is 23.4 Å². The van der Waals surface area contributed by atoms with E-state index in [1.165, 1.54) is 7.05 Å². The van der Waals surface area contributed by atoms with Crippen LogP contribution in [0.15, 0.2) is 17.0 Å². The Hall–Kier alpha value is -1.12. The van der Waals surface area contributed by atoms with Crippen molar-refractivity contribution in [2.75, 3.05) is 13.6 Å². The van der Waals surface area contributed by atoms with Gasteiger partial charge >= 0.3 is 0 Å². The third kappa shape index (κ3) is 4.18. The van der Waals surface area contributed by atoms with Gasteiger partial charge in [0.15, 0.2) is 4.90 Å². The lowest BCUT2D eigenvalue weighted by atomic mass is 10.0. The summed E-state index contributed by atoms with van der Waals surface area (Å²) in [5.74, 6) is -3.92. The Morgan fingerprint density at radius 1 is 1.19 bits per heavy atom. The van der Waals surface area contributed by atoms with Crippen LogP contribution in [0.2, 0.25) is 0 Å². The molecule has 0 heterocycles. The second kappa shape index (κ2) is 6.76. The third-order valence-electron chi connectivity index (χ3n) is 3.26. The molecule has 1 rings (SSSR count). The minimum Gasteiger partial charge on any atom is -0.327 e. The largest absolute Gasteiger partial charge is 0.327 e. The van der Waals surface area contributed by atoms with Gasteiger partial charge in [-0.1, -0.05) is 13.8 Å². The Balaban J connectivity index is 3.01. The Labute approximate surface area is 122 Å². The second-order valence-electron chi connectivity index (χ2n) is 5.22. The molecule has 0 saturated carbocycles. The lowest BCUT2D eigenvalue weighted by molar-refractivity contribution is 0.392. The maximum absolute atomic E-state index is 13.6. The predicted molar refractivity (Wildman–Crippen MR) is 73.6 cm³/mol. The Morgan fingerprint density at radius 2 is 1.67 bits per heavy atom. The van der Waals surface area contributed by atoms with Gasteiger partial charge in [-0.25, -0.2) is 25.9 Å². The van der Waals surface area contributed by atoms with Crippen LogP contribution in [0.3, 0.4) is 0 Å². The Kier molecular flexibility index (Phi) is 5.77. The molecule has 1 aromatic carbocycles. The number of benzene rings is 1. The fourth-order valence-corrected chi connectivity index (χ4v) is 2.98. The second-order valence-corrected chi connectivity index (χ2v) is 7.20. The molecule has 4 nitrogen and oxygen atoms in total. The van der Waals surface area contributed by atoms with Gasteiger partial charge in [-0.3, -0.25) is 0 Å². The van der Waals surface area contributed by atoms with Gasteiger partial charge in [0.1, 0.15) is 17.5 Å². The van der Waals surface area contributed by atoms with Gasteiger partial charge in [0.25, 0.3) is 0 Å². The minimum absolute atomic E-state index is 0.0118. The van der Waals surface area contributed by atoms with Crippen molar-refractivity contribution in [2.24, 2.45) is 11.7 Å². The number of rotatable bonds is 6. The third-order valence-corrected chi connectivity index (χ3v) is 5.17. The molecule has 1 unspecified atom stereocenters. The lowest BCUT2D eigenvalue weighted by Gasteiger charge is -2.21. The van der Waals surface area contributed by atoms with E-state index in [1.807, 2.05) is 13.8 Å². The standard InChI is InChI=1S/C13H19F3N2O2S/c1-8(2)12(17)4-5-18(3)21(19,20)13-10(15)6-9(14)7-11(13)16/h6-8,12H,4-5,17H2,1-3H3. The van der Waals surface area contributed by atoms with E-state index in [2.05, 4.69) is 0 Å². The van der Waals surface area contributed by atoms with Crippen molar-refractivity contribution in [3.63, 3.8) is 0 Å². The van der Waals surface area contributed by atoms with Gasteiger partial charge < -0.3 is 5.73 Å². The molecule has 0 aliphatic heterocycles. The predicted octanol–water partition coefficient (Wildman–Crippen LogP) is 2.10. The van der Waals surface area contributed by atoms with E-state index in [0.717, 1.165) is 4.31 Å². The van der Waals surface area contributed by atoms with E-state index in [0.29, 0.717) is 18.6 Å². The molecular weight excluding hydrogens is 305 g/mol. The molecule has 0 spiro atoms. The van der Waals surface area contributed by atoms with E-state index in [1.54, 1.807) is 0 Å². The molecule has 1 atom stereocenters. The number of nitrogens with two attached hydrogens (primary N) is 1. The number of nitrogens with zero attached hydrogens (tertiary/aromatic N) is 1. The number of halogens is 3. The zero-order chi connectivity index (χ0) is 16.4. The smallest absolute Gasteiger partial charge is 0.248 e. The molecule has 0 aliphatic carbocycles. The number of hydrogen-bond acceptors (Lipinski definition) is 3. The van der Waals surface area contributed by atoms with Gasteiger partial charge in [-0.2, -0.15) is 0 Å². The van der Waals surface area contributed by atoms with Gasteiger partial charge in [0.2, 0.25) is 10.0 Å². The average molecular weight is 324 g/mol. The van der Waals surface area contributed by atoms with Crippen LogP contribution < -0.4 is 5.73 Å². The first kappa shape index (κ1) is 17.9. The Bertz CT molecular complexity index is 582. The topological polar surface area (TPSA) is 63.4 Å². The van der Waals surface area contributed by atoms with Crippen LogP contribution in [0.4, 0.5) is 13.2 Å². The summed E-state index contributed by atoms with van der Waals surface area (Å²) in [6.45, 7) is 3.79. The molecule has 0 fully saturated rings. The zero-order valence-electron chi connectivity index (χ0n) is 12.1. The molecular formula is C13H19F3N2O2S. The first-order valence-corrected chi connectivity index (χ1v) is 7.87. The summed E-state index contributed by atoms with van der Waals surface area (Å²) >= 11 is 0. The zero-order valence-corrected chi connectivity index (χ0v) is 12.9. The fourth-order valence-electron chi connectivity index (χ4n) is 1.72. The van der Waals surface area contributed by atoms with E-state index in [4.69, 9.17) is 5.73 Å². The molecule has 21 heavy (non-hydrogen) atoms. The van der Waals surface area contributed by atoms with E-state index >= 15 is 0 Å². The Morgan fingerprint density at radius 3 is 2.10 bits per heavy atom. The molecule has 1 aromatic rings. The summed E-state index contributed by atoms with van der Waals surface area (Å²) in [5.41, 5.74) is 5.81. The van der Waals surface area contributed by atoms with Crippen LogP contribution >= 0.6 is 0 Å². The SMILES string of the molecule is CC(C)C(N)CCN(C)S(=O)(=O)c1c(F)cc(F)cc1F. The molecule has 0 amide bonds. The minimum atomic E-state index is -4.38. The van der Waals surface area contributed by atoms with E-state index in [-0.39, 0.29) is 18.5 Å². The summed E-state index contributed by atoms with van der Waals surface area (Å²) < 4.78 is 65.1. The number of sulfonamides is 1. The first-order valence-electron chi connectivity index (χ1n) is 6.43. The highest BCUT2D eigenvalue weighted by Gasteiger charge is 2.29. The maximum Gasteiger partial charge on any atom is 0.248 e. The summed E-state index contributed by atoms with van der Waals surface area (Å²) in [7, 11) is -3.18. The van der Waals surface area contributed by atoms with Gasteiger partial charge in [-0.15, -0.1) is 0 Å². The van der Waals surface area contributed by atoms with Crippen LogP contribution in [0.1, 0.15) is 20.3 Å². The van der Waals surface area contributed by atoms with E-state index < -0.39 is 32.4 Å². The molecule has 2 N–H and O–H groups in total. The summed E-state index contributed by atoms with van der Waals surface area (Å²) in [5, 5.41) is 0. The lowest BCUT2D eigenvalue weighted by Crippen LogP contribution is -2.35. The van der Waals surface area contributed by atoms with Crippen molar-refractivity contribution in [1.82, 2.24) is 4.31 Å². The molecule has 0 aliphatic rings. The van der Waals surface area contributed by atoms with Crippen LogP contribution in [-0.4, -0.2) is 32.4 Å². The molecule has 0 radical (unpaired) electrons. The van der Waals surface area contributed by atoms with Crippen molar-refractivity contribution < 1.29 is 21.6 Å². The summed E-state index contributed by atoms with van der Waals surface area (Å²) in [6.07, 6.45) is 0.345. The van der Waals surface area contributed by atoms with Gasteiger partial charge in [0.05, 0.1) is 0 Å². The molecule has 0 aromatic heterocycles. The van der Waals surface area contributed by atoms with Crippen molar-refractivity contribution in [3.8, 4) is 0 Å². The summed E-state index contributed by atoms with van der Waals surface area (Å²) in [6, 6.07) is 0.443. The maximum atomic E-state index is 13.6. The highest BCUT2D eigenvalue weighted by Crippen LogP contribution is 2.23. The normalized spacial score (nSPS) is 14.0. The number of hydrogen-bond donors (Lipinski definition) is 1. The van der Waals surface area contributed by atoms with Crippen molar-refractivity contribution in [3.05, 3.63) is 29.6 Å². The van der Waals surface area contributed by atoms with E-state index in [9.17, 15) is 21.6 Å². The van der Waals surface area contributed by atoms with Gasteiger partial charge in [-0.05, 0) is 12.3 Å². The molecule has 0 bridgehead atoms. The monoisotopic (exact) mass is 324 g/mol. The van der Waals surface area contributed by atoms with Crippen LogP contribution in [0.25, 0.3) is 0 Å². The average Bonchev–Trinajstić information content (AvgIpc) is 2.33. The summed E-state index contributed by atoms with van der Waals surface area (Å²) in [4.78, 5) is -1.15. The molecule has 8 heteroatoms.